The molecule has 0 aromatic heterocycles. The first-order valence-corrected chi connectivity index (χ1v) is 10.9. The van der Waals surface area contributed by atoms with Crippen molar-refractivity contribution >= 4 is 29.3 Å². The van der Waals surface area contributed by atoms with E-state index in [-0.39, 0.29) is 41.3 Å². The molecular formula is C26H21NO5. The Balaban J connectivity index is 1.19. The van der Waals surface area contributed by atoms with Gasteiger partial charge in [-0.05, 0) is 85.5 Å². The van der Waals surface area contributed by atoms with Gasteiger partial charge in [0.15, 0.2) is 5.78 Å². The summed E-state index contributed by atoms with van der Waals surface area (Å²) in [5.41, 5.74) is 1.34. The lowest BCUT2D eigenvalue weighted by molar-refractivity contribution is -0.124. The van der Waals surface area contributed by atoms with Crippen LogP contribution in [0.25, 0.3) is 0 Å². The largest absolute Gasteiger partial charge is 0.423 e. The summed E-state index contributed by atoms with van der Waals surface area (Å²) in [5.74, 6) is 0.463. The summed E-state index contributed by atoms with van der Waals surface area (Å²) in [6.07, 6.45) is 5.43. The van der Waals surface area contributed by atoms with Gasteiger partial charge in [0.25, 0.3) is 0 Å². The molecule has 160 valence electrons. The Morgan fingerprint density at radius 2 is 1.34 bits per heavy atom. The molecule has 2 bridgehead atoms. The van der Waals surface area contributed by atoms with E-state index in [1.165, 1.54) is 11.8 Å². The van der Waals surface area contributed by atoms with Crippen molar-refractivity contribution in [3.63, 3.8) is 0 Å². The summed E-state index contributed by atoms with van der Waals surface area (Å²) in [5, 5.41) is 0. The van der Waals surface area contributed by atoms with Crippen LogP contribution < -0.4 is 9.64 Å². The molecular weight excluding hydrogens is 406 g/mol. The van der Waals surface area contributed by atoms with E-state index in [0.717, 1.165) is 6.42 Å². The molecule has 2 aromatic rings. The number of ketones is 1. The van der Waals surface area contributed by atoms with Crippen LogP contribution in [0.3, 0.4) is 0 Å². The number of rotatable bonds is 4. The van der Waals surface area contributed by atoms with Crippen molar-refractivity contribution in [2.75, 3.05) is 4.90 Å². The van der Waals surface area contributed by atoms with Gasteiger partial charge in [-0.15, -0.1) is 0 Å². The van der Waals surface area contributed by atoms with E-state index >= 15 is 0 Å². The van der Waals surface area contributed by atoms with E-state index < -0.39 is 5.97 Å². The minimum Gasteiger partial charge on any atom is -0.423 e. The Labute approximate surface area is 184 Å². The quantitative estimate of drug-likeness (QED) is 0.245. The van der Waals surface area contributed by atoms with Crippen LogP contribution in [0.4, 0.5) is 5.69 Å². The van der Waals surface area contributed by atoms with Crippen LogP contribution in [-0.4, -0.2) is 23.6 Å². The summed E-state index contributed by atoms with van der Waals surface area (Å²) in [4.78, 5) is 51.6. The monoisotopic (exact) mass is 427 g/mol. The first-order valence-electron chi connectivity index (χ1n) is 10.9. The van der Waals surface area contributed by atoms with Crippen molar-refractivity contribution in [2.45, 2.75) is 13.3 Å². The molecule has 1 aliphatic heterocycles. The van der Waals surface area contributed by atoms with Gasteiger partial charge in [0, 0.05) is 5.56 Å². The molecule has 32 heavy (non-hydrogen) atoms. The van der Waals surface area contributed by atoms with Crippen molar-refractivity contribution in [1.82, 2.24) is 0 Å². The smallest absolute Gasteiger partial charge is 0.343 e. The molecule has 0 radical (unpaired) electrons. The van der Waals surface area contributed by atoms with Gasteiger partial charge in [-0.2, -0.15) is 0 Å². The van der Waals surface area contributed by atoms with Crippen LogP contribution >= 0.6 is 0 Å². The molecule has 4 aliphatic carbocycles. The lowest BCUT2D eigenvalue weighted by atomic mass is 9.63. The number of esters is 1. The van der Waals surface area contributed by atoms with Crippen LogP contribution in [0, 0.1) is 35.5 Å². The fourth-order valence-electron chi connectivity index (χ4n) is 5.88. The fraction of sp³-hybridized carbons (Fsp3) is 0.308. The predicted octanol–water partition coefficient (Wildman–Crippen LogP) is 3.67. The second-order valence-electron chi connectivity index (χ2n) is 9.18. The molecule has 5 aliphatic rings. The molecule has 6 nitrogen and oxygen atoms in total. The summed E-state index contributed by atoms with van der Waals surface area (Å²) in [6, 6.07) is 12.7. The van der Waals surface area contributed by atoms with Gasteiger partial charge in [0.05, 0.1) is 23.1 Å². The molecule has 2 saturated carbocycles. The molecule has 6 unspecified atom stereocenters. The van der Waals surface area contributed by atoms with Gasteiger partial charge in [-0.1, -0.05) is 12.2 Å². The highest BCUT2D eigenvalue weighted by atomic mass is 16.5. The Kier molecular flexibility index (Phi) is 4.03. The van der Waals surface area contributed by atoms with Gasteiger partial charge >= 0.3 is 5.97 Å². The van der Waals surface area contributed by atoms with Gasteiger partial charge in [0.2, 0.25) is 11.8 Å². The standard InChI is InChI=1S/C26H21NO5/c1-13(28)14-4-8-17(9-5-14)32-26(31)15-2-6-16(7-3-15)27-24(29)22-18-10-11-19(21-12-20(18)21)23(22)25(27)30/h2-11,18-23H,12H2,1H3. The zero-order valence-electron chi connectivity index (χ0n) is 17.4. The summed E-state index contributed by atoms with van der Waals surface area (Å²) >= 11 is 0. The van der Waals surface area contributed by atoms with Crippen LogP contribution in [0.2, 0.25) is 0 Å². The number of anilines is 1. The lowest BCUT2D eigenvalue weighted by Gasteiger charge is -2.37. The number of ether oxygens (including phenoxy) is 1. The summed E-state index contributed by atoms with van der Waals surface area (Å²) in [6.45, 7) is 1.47. The molecule has 1 heterocycles. The van der Waals surface area contributed by atoms with E-state index in [9.17, 15) is 19.2 Å². The molecule has 6 heteroatoms. The highest BCUT2D eigenvalue weighted by Crippen LogP contribution is 2.65. The number of allylic oxidation sites excluding steroid dienone is 2. The fourth-order valence-corrected chi connectivity index (χ4v) is 5.88. The maximum absolute atomic E-state index is 13.2. The van der Waals surface area contributed by atoms with Crippen molar-refractivity contribution in [3.8, 4) is 5.75 Å². The minimum atomic E-state index is -0.554. The number of benzene rings is 2. The van der Waals surface area contributed by atoms with E-state index in [0.29, 0.717) is 34.4 Å². The van der Waals surface area contributed by atoms with Crippen molar-refractivity contribution in [3.05, 3.63) is 71.8 Å². The number of Topliss-reactive ketones (excluding diaryl/α,β-unsaturated/α-hetero) is 1. The van der Waals surface area contributed by atoms with E-state index in [2.05, 4.69) is 12.2 Å². The Bertz CT molecular complexity index is 1160. The van der Waals surface area contributed by atoms with Crippen molar-refractivity contribution in [1.29, 1.82) is 0 Å². The molecule has 7 rings (SSSR count). The maximum Gasteiger partial charge on any atom is 0.343 e. The summed E-state index contributed by atoms with van der Waals surface area (Å²) < 4.78 is 5.37. The van der Waals surface area contributed by atoms with Crippen molar-refractivity contribution in [2.24, 2.45) is 35.5 Å². The SMILES string of the molecule is CC(=O)c1ccc(OC(=O)c2ccc(N3C(=O)C4C5C=CC(C6CC56)C4C3=O)cc2)cc1. The molecule has 6 atom stereocenters. The maximum atomic E-state index is 13.2. The van der Waals surface area contributed by atoms with Crippen LogP contribution in [0.15, 0.2) is 60.7 Å². The number of hydrogen-bond donors (Lipinski definition) is 0. The molecule has 1 saturated heterocycles. The van der Waals surface area contributed by atoms with Gasteiger partial charge in [-0.3, -0.25) is 19.3 Å². The average molecular weight is 427 g/mol. The highest BCUT2D eigenvalue weighted by Gasteiger charge is 2.67. The summed E-state index contributed by atoms with van der Waals surface area (Å²) in [7, 11) is 0. The molecule has 2 aromatic carbocycles. The third-order valence-corrected chi connectivity index (χ3v) is 7.50. The van der Waals surface area contributed by atoms with E-state index in [4.69, 9.17) is 4.74 Å². The lowest BCUT2D eigenvalue weighted by Crippen LogP contribution is -2.40. The minimum absolute atomic E-state index is 0.0647. The topological polar surface area (TPSA) is 80.8 Å². The highest BCUT2D eigenvalue weighted by molar-refractivity contribution is 6.22. The number of nitrogens with zero attached hydrogens (tertiary/aromatic N) is 1. The van der Waals surface area contributed by atoms with E-state index in [1.54, 1.807) is 48.5 Å². The first kappa shape index (κ1) is 19.2. The van der Waals surface area contributed by atoms with Crippen LogP contribution in [0.1, 0.15) is 34.1 Å². The zero-order valence-corrected chi connectivity index (χ0v) is 17.4. The second-order valence-corrected chi connectivity index (χ2v) is 9.18. The average Bonchev–Trinajstić information content (AvgIpc) is 3.58. The van der Waals surface area contributed by atoms with Gasteiger partial charge in [-0.25, -0.2) is 4.79 Å². The van der Waals surface area contributed by atoms with Gasteiger partial charge in [0.1, 0.15) is 5.75 Å². The van der Waals surface area contributed by atoms with Gasteiger partial charge < -0.3 is 4.74 Å². The number of carbonyl (C=O) groups excluding carboxylic acids is 4. The Morgan fingerprint density at radius 3 is 1.88 bits per heavy atom. The number of hydrogen-bond acceptors (Lipinski definition) is 5. The van der Waals surface area contributed by atoms with Crippen molar-refractivity contribution < 1.29 is 23.9 Å². The van der Waals surface area contributed by atoms with E-state index in [1.807, 2.05) is 0 Å². The number of amides is 2. The Morgan fingerprint density at radius 1 is 0.812 bits per heavy atom. The third-order valence-electron chi connectivity index (χ3n) is 7.50. The van der Waals surface area contributed by atoms with Crippen LogP contribution in [-0.2, 0) is 9.59 Å². The number of imide groups is 1. The predicted molar refractivity (Wildman–Crippen MR) is 115 cm³/mol. The molecule has 0 N–H and O–H groups in total. The second kappa shape index (κ2) is 6.73. The molecule has 3 fully saturated rings. The number of carbonyl (C=O) groups is 4. The first-order chi connectivity index (χ1) is 15.4. The van der Waals surface area contributed by atoms with Crippen LogP contribution in [0.5, 0.6) is 5.75 Å². The molecule has 2 amide bonds. The normalized spacial score (nSPS) is 31.3. The molecule has 0 spiro atoms. The Hall–Kier alpha value is -3.54. The third kappa shape index (κ3) is 2.72. The zero-order chi connectivity index (χ0) is 22.1.